The second-order valence-corrected chi connectivity index (χ2v) is 8.13. The minimum absolute atomic E-state index is 0.198. The zero-order chi connectivity index (χ0) is 25.1. The highest BCUT2D eigenvalue weighted by Gasteiger charge is 2.16. The van der Waals surface area contributed by atoms with Crippen LogP contribution in [0.15, 0.2) is 79.4 Å². The lowest BCUT2D eigenvalue weighted by Gasteiger charge is -2.09. The summed E-state index contributed by atoms with van der Waals surface area (Å²) in [5.74, 6) is 0.156. The van der Waals surface area contributed by atoms with Crippen LogP contribution in [0.3, 0.4) is 0 Å². The van der Waals surface area contributed by atoms with Crippen LogP contribution in [-0.2, 0) is 11.3 Å². The molecule has 0 aliphatic heterocycles. The van der Waals surface area contributed by atoms with Gasteiger partial charge in [0.15, 0.2) is 0 Å². The predicted molar refractivity (Wildman–Crippen MR) is 134 cm³/mol. The first kappa shape index (κ1) is 23.0. The number of nitrogens with one attached hydrogen (secondary N) is 1. The number of para-hydroxylation sites is 2. The number of ether oxygens (including phenoxy) is 1. The van der Waals surface area contributed by atoms with Crippen molar-refractivity contribution < 1.29 is 14.3 Å². The van der Waals surface area contributed by atoms with Crippen LogP contribution in [0.5, 0.6) is 0 Å². The van der Waals surface area contributed by atoms with Gasteiger partial charge in [0.1, 0.15) is 17.7 Å². The van der Waals surface area contributed by atoms with Crippen LogP contribution < -0.4 is 5.32 Å². The van der Waals surface area contributed by atoms with Crippen molar-refractivity contribution in [2.75, 3.05) is 6.61 Å². The lowest BCUT2D eigenvalue weighted by Crippen LogP contribution is -2.22. The highest BCUT2D eigenvalue weighted by atomic mass is 16.5. The van der Waals surface area contributed by atoms with Crippen molar-refractivity contribution >= 4 is 22.9 Å². The second-order valence-electron chi connectivity index (χ2n) is 8.13. The Kier molecular flexibility index (Phi) is 6.27. The van der Waals surface area contributed by atoms with E-state index in [9.17, 15) is 9.59 Å². The van der Waals surface area contributed by atoms with Crippen LogP contribution >= 0.6 is 0 Å². The van der Waals surface area contributed by atoms with Gasteiger partial charge in [-0.2, -0.15) is 5.10 Å². The van der Waals surface area contributed by atoms with Crippen LogP contribution in [0.4, 0.5) is 0 Å². The van der Waals surface area contributed by atoms with Crippen molar-refractivity contribution in [2.45, 2.75) is 20.4 Å². The van der Waals surface area contributed by atoms with Crippen LogP contribution in [-0.4, -0.2) is 42.8 Å². The fourth-order valence-corrected chi connectivity index (χ4v) is 3.92. The predicted octanol–water partition coefficient (Wildman–Crippen LogP) is 4.02. The molecule has 0 aliphatic carbocycles. The first-order valence-corrected chi connectivity index (χ1v) is 11.5. The normalized spacial score (nSPS) is 10.9. The van der Waals surface area contributed by atoms with Crippen molar-refractivity contribution in [2.24, 2.45) is 0 Å². The first-order chi connectivity index (χ1) is 17.5. The lowest BCUT2D eigenvalue weighted by atomic mass is 10.2. The number of benzene rings is 2. The number of imidazole rings is 1. The highest BCUT2D eigenvalue weighted by Crippen LogP contribution is 2.18. The van der Waals surface area contributed by atoms with E-state index in [1.807, 2.05) is 41.0 Å². The Labute approximate surface area is 207 Å². The molecule has 2 aromatic carbocycles. The number of fused-ring (bicyclic) bond motifs is 1. The number of esters is 1. The summed E-state index contributed by atoms with van der Waals surface area (Å²) in [6.45, 7) is 4.21. The van der Waals surface area contributed by atoms with E-state index in [1.165, 1.54) is 6.20 Å². The summed E-state index contributed by atoms with van der Waals surface area (Å²) in [7, 11) is 0. The minimum Gasteiger partial charge on any atom is -0.462 e. The molecule has 3 heterocycles. The van der Waals surface area contributed by atoms with Gasteiger partial charge in [0, 0.05) is 18.3 Å². The molecule has 36 heavy (non-hydrogen) atoms. The third-order valence-corrected chi connectivity index (χ3v) is 5.84. The van der Waals surface area contributed by atoms with Gasteiger partial charge in [-0.25, -0.2) is 19.4 Å². The van der Waals surface area contributed by atoms with Gasteiger partial charge in [-0.1, -0.05) is 18.2 Å². The molecule has 0 unspecified atom stereocenters. The molecule has 3 aromatic heterocycles. The Balaban J connectivity index is 1.23. The molecule has 9 heteroatoms. The summed E-state index contributed by atoms with van der Waals surface area (Å²) in [5.41, 5.74) is 5.12. The Morgan fingerprint density at radius 2 is 1.78 bits per heavy atom. The first-order valence-electron chi connectivity index (χ1n) is 11.5. The van der Waals surface area contributed by atoms with Gasteiger partial charge in [-0.15, -0.1) is 0 Å². The largest absolute Gasteiger partial charge is 0.462 e. The third kappa shape index (κ3) is 4.46. The number of carbonyl (C=O) groups is 2. The summed E-state index contributed by atoms with van der Waals surface area (Å²) >= 11 is 0. The van der Waals surface area contributed by atoms with Gasteiger partial charge >= 0.3 is 5.97 Å². The van der Waals surface area contributed by atoms with E-state index in [1.54, 1.807) is 55.3 Å². The Bertz CT molecular complexity index is 1530. The molecule has 5 rings (SSSR count). The number of pyridine rings is 1. The molecule has 0 atom stereocenters. The van der Waals surface area contributed by atoms with E-state index < -0.39 is 5.97 Å². The number of amides is 1. The van der Waals surface area contributed by atoms with Gasteiger partial charge in [0.25, 0.3) is 5.91 Å². The molecule has 0 spiro atoms. The van der Waals surface area contributed by atoms with Crippen molar-refractivity contribution in [1.29, 1.82) is 0 Å². The fourth-order valence-electron chi connectivity index (χ4n) is 3.92. The third-order valence-electron chi connectivity index (χ3n) is 5.84. The summed E-state index contributed by atoms with van der Waals surface area (Å²) < 4.78 is 8.63. The van der Waals surface area contributed by atoms with Crippen molar-refractivity contribution in [1.82, 2.24) is 29.6 Å². The van der Waals surface area contributed by atoms with E-state index in [0.29, 0.717) is 30.0 Å². The van der Waals surface area contributed by atoms with E-state index in [4.69, 9.17) is 4.74 Å². The lowest BCUT2D eigenvalue weighted by molar-refractivity contribution is 0.0525. The van der Waals surface area contributed by atoms with E-state index in [-0.39, 0.29) is 5.91 Å². The van der Waals surface area contributed by atoms with Gasteiger partial charge in [-0.3, -0.25) is 9.36 Å². The summed E-state index contributed by atoms with van der Waals surface area (Å²) in [6, 6.07) is 18.7. The van der Waals surface area contributed by atoms with E-state index in [0.717, 1.165) is 28.1 Å². The van der Waals surface area contributed by atoms with Gasteiger partial charge in [0.05, 0.1) is 35.2 Å². The van der Waals surface area contributed by atoms with Crippen molar-refractivity contribution in [3.63, 3.8) is 0 Å². The molecule has 1 amide bonds. The Morgan fingerprint density at radius 3 is 2.53 bits per heavy atom. The average molecular weight is 481 g/mol. The number of carbonyl (C=O) groups excluding carboxylic acids is 2. The van der Waals surface area contributed by atoms with Gasteiger partial charge in [-0.05, 0) is 61.9 Å². The van der Waals surface area contributed by atoms with Crippen LogP contribution in [0.25, 0.3) is 22.5 Å². The second kappa shape index (κ2) is 9.83. The molecular formula is C27H24N6O3. The van der Waals surface area contributed by atoms with Crippen LogP contribution in [0.2, 0.25) is 0 Å². The summed E-state index contributed by atoms with van der Waals surface area (Å²) in [6.07, 6.45) is 4.98. The summed E-state index contributed by atoms with van der Waals surface area (Å²) in [5, 5.41) is 7.21. The quantitative estimate of drug-likeness (QED) is 0.353. The molecule has 0 saturated heterocycles. The van der Waals surface area contributed by atoms with E-state index >= 15 is 0 Å². The number of hydrogen-bond donors (Lipinski definition) is 1. The number of nitrogens with zero attached hydrogens (tertiary/aromatic N) is 5. The topological polar surface area (TPSA) is 104 Å². The maximum Gasteiger partial charge on any atom is 0.341 e. The van der Waals surface area contributed by atoms with Crippen LogP contribution in [0.1, 0.15) is 38.9 Å². The number of rotatable bonds is 7. The van der Waals surface area contributed by atoms with Crippen LogP contribution in [0, 0.1) is 6.92 Å². The Hall–Kier alpha value is -4.79. The zero-order valence-corrected chi connectivity index (χ0v) is 19.9. The standard InChI is InChI=1S/C27H24N6O3/c1-3-36-27(35)22-16-31-33(18(22)2)21-11-9-20(10-12-21)26(34)29-15-19-8-13-25(28-14-19)32-17-30-23-6-4-5-7-24(23)32/h4-14,16-17H,3,15H2,1-2H3,(H,29,34). The van der Waals surface area contributed by atoms with Gasteiger partial charge in [0.2, 0.25) is 0 Å². The molecule has 1 N–H and O–H groups in total. The maximum absolute atomic E-state index is 12.7. The molecule has 0 bridgehead atoms. The minimum atomic E-state index is -0.404. The molecule has 5 aromatic rings. The van der Waals surface area contributed by atoms with Crippen molar-refractivity contribution in [3.05, 3.63) is 102 Å². The summed E-state index contributed by atoms with van der Waals surface area (Å²) in [4.78, 5) is 33.6. The number of aromatic nitrogens is 5. The number of hydrogen-bond acceptors (Lipinski definition) is 6. The molecule has 9 nitrogen and oxygen atoms in total. The average Bonchev–Trinajstić information content (AvgIpc) is 3.51. The molecule has 0 aliphatic rings. The maximum atomic E-state index is 12.7. The molecule has 0 radical (unpaired) electrons. The highest BCUT2D eigenvalue weighted by molar-refractivity contribution is 5.94. The fraction of sp³-hybridized carbons (Fsp3) is 0.148. The SMILES string of the molecule is CCOC(=O)c1cnn(-c2ccc(C(=O)NCc3ccc(-n4cnc5ccccc54)nc3)cc2)c1C. The van der Waals surface area contributed by atoms with Gasteiger partial charge < -0.3 is 10.1 Å². The monoisotopic (exact) mass is 480 g/mol. The molecular weight excluding hydrogens is 456 g/mol. The molecule has 0 saturated carbocycles. The Morgan fingerprint density at radius 1 is 0.972 bits per heavy atom. The van der Waals surface area contributed by atoms with Crippen molar-refractivity contribution in [3.8, 4) is 11.5 Å². The molecule has 0 fully saturated rings. The molecule has 180 valence electrons. The smallest absolute Gasteiger partial charge is 0.341 e. The van der Waals surface area contributed by atoms with E-state index in [2.05, 4.69) is 20.4 Å². The zero-order valence-electron chi connectivity index (χ0n) is 19.9.